The van der Waals surface area contributed by atoms with E-state index in [1.807, 2.05) is 0 Å². The molecule has 32 heavy (non-hydrogen) atoms. The second-order valence-electron chi connectivity index (χ2n) is 6.96. The van der Waals surface area contributed by atoms with Gasteiger partial charge >= 0.3 is 5.97 Å². The van der Waals surface area contributed by atoms with E-state index in [4.69, 9.17) is 27.9 Å². The number of carbonyl (C=O) groups is 2. The zero-order valence-corrected chi connectivity index (χ0v) is 18.4. The van der Waals surface area contributed by atoms with Gasteiger partial charge in [0.05, 0.1) is 11.3 Å². The molecule has 0 heterocycles. The van der Waals surface area contributed by atoms with Crippen LogP contribution < -0.4 is 5.32 Å². The van der Waals surface area contributed by atoms with Crippen molar-refractivity contribution in [2.75, 3.05) is 5.32 Å². The summed E-state index contributed by atoms with van der Waals surface area (Å²) in [6, 6.07) is 17.5. The van der Waals surface area contributed by atoms with Crippen molar-refractivity contribution < 1.29 is 19.2 Å². The molecule has 1 N–H and O–H groups in total. The van der Waals surface area contributed by atoms with Crippen molar-refractivity contribution in [2.24, 2.45) is 0 Å². The number of ether oxygens (including phenoxy) is 1. The van der Waals surface area contributed by atoms with Crippen LogP contribution in [0.5, 0.6) is 0 Å². The molecule has 7 nitrogen and oxygen atoms in total. The van der Waals surface area contributed by atoms with E-state index < -0.39 is 22.9 Å². The first-order valence-corrected chi connectivity index (χ1v) is 10.2. The normalized spacial score (nSPS) is 11.5. The van der Waals surface area contributed by atoms with Gasteiger partial charge in [0, 0.05) is 21.7 Å². The second kappa shape index (κ2) is 10.3. The average Bonchev–Trinajstić information content (AvgIpc) is 2.75. The second-order valence-corrected chi connectivity index (χ2v) is 7.80. The van der Waals surface area contributed by atoms with Crippen LogP contribution in [-0.4, -0.2) is 16.8 Å². The Morgan fingerprint density at radius 2 is 1.78 bits per heavy atom. The summed E-state index contributed by atoms with van der Waals surface area (Å²) in [6.45, 7) is 1.70. The Balaban J connectivity index is 1.84. The highest BCUT2D eigenvalue weighted by molar-refractivity contribution is 6.35. The van der Waals surface area contributed by atoms with Gasteiger partial charge in [-0.2, -0.15) is 0 Å². The molecule has 0 spiro atoms. The van der Waals surface area contributed by atoms with Gasteiger partial charge in [0.2, 0.25) is 6.10 Å². The summed E-state index contributed by atoms with van der Waals surface area (Å²) < 4.78 is 5.47. The molecule has 0 bridgehead atoms. The van der Waals surface area contributed by atoms with Crippen LogP contribution in [0.15, 0.2) is 66.7 Å². The third-order valence-corrected chi connectivity index (χ3v) is 5.13. The van der Waals surface area contributed by atoms with E-state index in [2.05, 4.69) is 5.32 Å². The van der Waals surface area contributed by atoms with Crippen molar-refractivity contribution in [2.45, 2.75) is 19.4 Å². The van der Waals surface area contributed by atoms with Crippen LogP contribution in [0.1, 0.15) is 22.8 Å². The molecule has 0 aliphatic carbocycles. The molecule has 3 rings (SSSR count). The SMILES string of the molecule is Cc1ccc(NC(=O)C(OC(=O)Cc2ccc(Cl)cc2Cl)c2ccccc2)c([N+](=O)[O-])c1. The van der Waals surface area contributed by atoms with Crippen molar-refractivity contribution >= 4 is 46.5 Å². The van der Waals surface area contributed by atoms with Gasteiger partial charge in [-0.1, -0.05) is 65.7 Å². The molecule has 9 heteroatoms. The van der Waals surface area contributed by atoms with E-state index in [0.29, 0.717) is 26.7 Å². The third kappa shape index (κ3) is 5.84. The Morgan fingerprint density at radius 1 is 1.06 bits per heavy atom. The topological polar surface area (TPSA) is 98.5 Å². The number of benzene rings is 3. The first kappa shape index (κ1) is 23.2. The average molecular weight is 473 g/mol. The lowest BCUT2D eigenvalue weighted by Crippen LogP contribution is -2.26. The van der Waals surface area contributed by atoms with E-state index in [0.717, 1.165) is 0 Å². The largest absolute Gasteiger partial charge is 0.447 e. The number of nitro groups is 1. The minimum Gasteiger partial charge on any atom is -0.447 e. The molecule has 0 fully saturated rings. The number of nitro benzene ring substituents is 1. The summed E-state index contributed by atoms with van der Waals surface area (Å²) in [6.07, 6.45) is -1.51. The van der Waals surface area contributed by atoms with Gasteiger partial charge in [-0.15, -0.1) is 0 Å². The molecule has 0 saturated carbocycles. The quantitative estimate of drug-likeness (QED) is 0.271. The standard InChI is InChI=1S/C23H18Cl2N2O5/c1-14-7-10-19(20(11-14)27(30)31)26-23(29)22(15-5-3-2-4-6-15)32-21(28)12-16-8-9-17(24)13-18(16)25/h2-11,13,22H,12H2,1H3,(H,26,29). The van der Waals surface area contributed by atoms with Gasteiger partial charge in [-0.3, -0.25) is 19.7 Å². The van der Waals surface area contributed by atoms with E-state index in [1.165, 1.54) is 18.2 Å². The number of hydrogen-bond acceptors (Lipinski definition) is 5. The molecule has 3 aromatic carbocycles. The number of nitrogens with zero attached hydrogens (tertiary/aromatic N) is 1. The minimum atomic E-state index is -1.32. The fourth-order valence-electron chi connectivity index (χ4n) is 2.99. The number of amides is 1. The number of esters is 1. The third-order valence-electron chi connectivity index (χ3n) is 4.55. The number of hydrogen-bond donors (Lipinski definition) is 1. The summed E-state index contributed by atoms with van der Waals surface area (Å²) in [4.78, 5) is 36.4. The molecule has 164 valence electrons. The summed E-state index contributed by atoms with van der Waals surface area (Å²) in [5.74, 6) is -1.42. The Hall–Kier alpha value is -3.42. The van der Waals surface area contributed by atoms with Crippen molar-refractivity contribution in [1.82, 2.24) is 0 Å². The summed E-state index contributed by atoms with van der Waals surface area (Å²) >= 11 is 12.0. The van der Waals surface area contributed by atoms with Crippen molar-refractivity contribution in [3.05, 3.63) is 104 Å². The van der Waals surface area contributed by atoms with Gasteiger partial charge < -0.3 is 10.1 Å². The van der Waals surface area contributed by atoms with Gasteiger partial charge in [0.1, 0.15) is 5.69 Å². The molecule has 0 radical (unpaired) electrons. The van der Waals surface area contributed by atoms with E-state index in [-0.39, 0.29) is 17.8 Å². The molecule has 1 atom stereocenters. The van der Waals surface area contributed by atoms with Gasteiger partial charge in [-0.05, 0) is 36.2 Å². The lowest BCUT2D eigenvalue weighted by atomic mass is 10.1. The predicted octanol–water partition coefficient (Wildman–Crippen LogP) is 5.68. The maximum absolute atomic E-state index is 13.0. The van der Waals surface area contributed by atoms with E-state index >= 15 is 0 Å². The summed E-state index contributed by atoms with van der Waals surface area (Å²) in [7, 11) is 0. The zero-order valence-electron chi connectivity index (χ0n) is 16.9. The number of carbonyl (C=O) groups excluding carboxylic acids is 2. The monoisotopic (exact) mass is 472 g/mol. The number of aryl methyl sites for hydroxylation is 1. The van der Waals surface area contributed by atoms with Crippen LogP contribution in [0.4, 0.5) is 11.4 Å². The van der Waals surface area contributed by atoms with Crippen LogP contribution in [0.25, 0.3) is 0 Å². The van der Waals surface area contributed by atoms with Crippen LogP contribution in [-0.2, 0) is 20.7 Å². The smallest absolute Gasteiger partial charge is 0.311 e. The number of anilines is 1. The fraction of sp³-hybridized carbons (Fsp3) is 0.130. The molecular weight excluding hydrogens is 455 g/mol. The highest BCUT2D eigenvalue weighted by Gasteiger charge is 2.27. The Kier molecular flexibility index (Phi) is 7.45. The number of rotatable bonds is 7. The molecule has 1 unspecified atom stereocenters. The molecule has 0 aliphatic heterocycles. The van der Waals surface area contributed by atoms with Crippen LogP contribution in [0, 0.1) is 17.0 Å². The maximum Gasteiger partial charge on any atom is 0.311 e. The molecule has 0 aromatic heterocycles. The minimum absolute atomic E-state index is 0.00308. The van der Waals surface area contributed by atoms with Crippen LogP contribution >= 0.6 is 23.2 Å². The van der Waals surface area contributed by atoms with Gasteiger partial charge in [-0.25, -0.2) is 0 Å². The van der Waals surface area contributed by atoms with Gasteiger partial charge in [0.15, 0.2) is 0 Å². The maximum atomic E-state index is 13.0. The van der Waals surface area contributed by atoms with Crippen molar-refractivity contribution in [3.8, 4) is 0 Å². The summed E-state index contributed by atoms with van der Waals surface area (Å²) in [5.41, 5.74) is 1.31. The Labute approximate surface area is 194 Å². The van der Waals surface area contributed by atoms with Crippen LogP contribution in [0.2, 0.25) is 10.0 Å². The van der Waals surface area contributed by atoms with E-state index in [9.17, 15) is 19.7 Å². The lowest BCUT2D eigenvalue weighted by Gasteiger charge is -2.18. The first-order valence-electron chi connectivity index (χ1n) is 9.49. The summed E-state index contributed by atoms with van der Waals surface area (Å²) in [5, 5.41) is 14.6. The molecule has 0 saturated heterocycles. The molecule has 1 amide bonds. The van der Waals surface area contributed by atoms with Gasteiger partial charge in [0.25, 0.3) is 11.6 Å². The molecule has 3 aromatic rings. The van der Waals surface area contributed by atoms with Crippen molar-refractivity contribution in [3.63, 3.8) is 0 Å². The highest BCUT2D eigenvalue weighted by Crippen LogP contribution is 2.28. The Morgan fingerprint density at radius 3 is 2.44 bits per heavy atom. The fourth-order valence-corrected chi connectivity index (χ4v) is 3.47. The first-order chi connectivity index (χ1) is 15.2. The Bertz CT molecular complexity index is 1170. The number of halogens is 2. The molecule has 0 aliphatic rings. The highest BCUT2D eigenvalue weighted by atomic mass is 35.5. The zero-order chi connectivity index (χ0) is 23.3. The van der Waals surface area contributed by atoms with E-state index in [1.54, 1.807) is 55.5 Å². The lowest BCUT2D eigenvalue weighted by molar-refractivity contribution is -0.384. The molecular formula is C23H18Cl2N2O5. The number of nitrogens with one attached hydrogen (secondary N) is 1. The van der Waals surface area contributed by atoms with Crippen molar-refractivity contribution in [1.29, 1.82) is 0 Å². The van der Waals surface area contributed by atoms with Crippen LogP contribution in [0.3, 0.4) is 0 Å². The predicted molar refractivity (Wildman–Crippen MR) is 122 cm³/mol.